The van der Waals surface area contributed by atoms with Crippen molar-refractivity contribution in [2.75, 3.05) is 11.9 Å². The first kappa shape index (κ1) is 15.6. The first-order valence-corrected chi connectivity index (χ1v) is 7.02. The largest absolute Gasteiger partial charge is 0.329 e. The van der Waals surface area contributed by atoms with E-state index in [1.807, 2.05) is 19.1 Å². The Kier molecular flexibility index (Phi) is 5.96. The number of anilines is 1. The molecule has 1 amide bonds. The predicted molar refractivity (Wildman–Crippen MR) is 78.9 cm³/mol. The molecule has 0 spiro atoms. The van der Waals surface area contributed by atoms with Crippen LogP contribution in [0.2, 0.25) is 0 Å². The van der Waals surface area contributed by atoms with Crippen molar-refractivity contribution in [2.45, 2.75) is 46.5 Å². The summed E-state index contributed by atoms with van der Waals surface area (Å²) in [5.41, 5.74) is 7.05. The number of nitrogens with zero attached hydrogens (tertiary/aromatic N) is 1. The summed E-state index contributed by atoms with van der Waals surface area (Å²) in [4.78, 5) is 16.8. The van der Waals surface area contributed by atoms with Crippen LogP contribution in [-0.2, 0) is 4.79 Å². The van der Waals surface area contributed by atoms with E-state index in [0.29, 0.717) is 6.54 Å². The lowest BCUT2D eigenvalue weighted by Crippen LogP contribution is -2.42. The molecule has 0 atom stereocenters. The third-order valence-corrected chi connectivity index (χ3v) is 3.58. The van der Waals surface area contributed by atoms with Crippen LogP contribution < -0.4 is 11.1 Å². The Morgan fingerprint density at radius 3 is 2.47 bits per heavy atom. The van der Waals surface area contributed by atoms with Crippen molar-refractivity contribution < 1.29 is 4.79 Å². The fraction of sp³-hybridized carbons (Fsp3) is 0.600. The maximum absolute atomic E-state index is 12.6. The smallest absolute Gasteiger partial charge is 0.231 e. The number of hydrogen-bond acceptors (Lipinski definition) is 3. The minimum atomic E-state index is -0.453. The summed E-state index contributed by atoms with van der Waals surface area (Å²) in [6.45, 7) is 6.45. The summed E-state index contributed by atoms with van der Waals surface area (Å²) in [5, 5.41) is 2.99. The highest BCUT2D eigenvalue weighted by atomic mass is 16.2. The zero-order chi connectivity index (χ0) is 14.3. The average Bonchev–Trinajstić information content (AvgIpc) is 2.41. The highest BCUT2D eigenvalue weighted by molar-refractivity contribution is 5.95. The van der Waals surface area contributed by atoms with Crippen LogP contribution in [0.3, 0.4) is 0 Å². The van der Waals surface area contributed by atoms with Crippen LogP contribution in [0.25, 0.3) is 0 Å². The van der Waals surface area contributed by atoms with E-state index in [1.54, 1.807) is 6.20 Å². The van der Waals surface area contributed by atoms with Crippen LogP contribution in [0.5, 0.6) is 0 Å². The van der Waals surface area contributed by atoms with Crippen molar-refractivity contribution in [2.24, 2.45) is 11.1 Å². The van der Waals surface area contributed by atoms with E-state index in [0.717, 1.165) is 37.1 Å². The molecule has 4 heteroatoms. The molecular formula is C15H25N3O. The molecular weight excluding hydrogens is 238 g/mol. The van der Waals surface area contributed by atoms with E-state index in [2.05, 4.69) is 24.1 Å². The molecule has 3 N–H and O–H groups in total. The van der Waals surface area contributed by atoms with Gasteiger partial charge in [0.25, 0.3) is 0 Å². The van der Waals surface area contributed by atoms with Gasteiger partial charge < -0.3 is 11.1 Å². The number of carbonyl (C=O) groups excluding carboxylic acids is 1. The van der Waals surface area contributed by atoms with Crippen molar-refractivity contribution in [3.63, 3.8) is 0 Å². The van der Waals surface area contributed by atoms with E-state index in [-0.39, 0.29) is 5.91 Å². The molecule has 0 saturated carbocycles. The van der Waals surface area contributed by atoms with Gasteiger partial charge in [0.05, 0.1) is 16.8 Å². The molecule has 0 aliphatic carbocycles. The highest BCUT2D eigenvalue weighted by Gasteiger charge is 2.35. The van der Waals surface area contributed by atoms with E-state index in [4.69, 9.17) is 5.73 Å². The van der Waals surface area contributed by atoms with Gasteiger partial charge in [-0.15, -0.1) is 0 Å². The average molecular weight is 263 g/mol. The Bertz CT molecular complexity index is 412. The molecule has 0 bridgehead atoms. The number of aryl methyl sites for hydroxylation is 1. The normalized spacial score (nSPS) is 11.4. The van der Waals surface area contributed by atoms with Crippen molar-refractivity contribution in [1.82, 2.24) is 4.98 Å². The summed E-state index contributed by atoms with van der Waals surface area (Å²) >= 11 is 0. The molecule has 0 aliphatic rings. The van der Waals surface area contributed by atoms with Crippen LogP contribution in [-0.4, -0.2) is 17.4 Å². The van der Waals surface area contributed by atoms with E-state index >= 15 is 0 Å². The summed E-state index contributed by atoms with van der Waals surface area (Å²) in [6.07, 6.45) is 5.28. The minimum absolute atomic E-state index is 0.0230. The highest BCUT2D eigenvalue weighted by Crippen LogP contribution is 2.30. The van der Waals surface area contributed by atoms with Gasteiger partial charge in [0.15, 0.2) is 0 Å². The third kappa shape index (κ3) is 3.77. The van der Waals surface area contributed by atoms with Crippen LogP contribution in [0, 0.1) is 12.3 Å². The summed E-state index contributed by atoms with van der Waals surface area (Å²) in [7, 11) is 0. The van der Waals surface area contributed by atoms with Gasteiger partial charge >= 0.3 is 0 Å². The van der Waals surface area contributed by atoms with Crippen LogP contribution in [0.15, 0.2) is 18.3 Å². The van der Waals surface area contributed by atoms with E-state index in [9.17, 15) is 4.79 Å². The predicted octanol–water partition coefficient (Wildman–Crippen LogP) is 2.87. The summed E-state index contributed by atoms with van der Waals surface area (Å²) < 4.78 is 0. The Balaban J connectivity index is 2.91. The Labute approximate surface area is 115 Å². The van der Waals surface area contributed by atoms with Crippen LogP contribution in [0.1, 0.15) is 45.2 Å². The maximum atomic E-state index is 12.6. The first-order valence-electron chi connectivity index (χ1n) is 7.02. The number of amides is 1. The van der Waals surface area contributed by atoms with Crippen LogP contribution in [0.4, 0.5) is 5.69 Å². The van der Waals surface area contributed by atoms with Gasteiger partial charge in [-0.25, -0.2) is 0 Å². The Hall–Kier alpha value is -1.42. The Morgan fingerprint density at radius 1 is 1.37 bits per heavy atom. The Morgan fingerprint density at radius 2 is 2.00 bits per heavy atom. The standard InChI is InChI=1S/C15H25N3O/c1-4-8-15(11-16,9-5-2)14(19)18-13-7-6-10-17-12(13)3/h6-7,10H,4-5,8-9,11,16H2,1-3H3,(H,18,19). The lowest BCUT2D eigenvalue weighted by Gasteiger charge is -2.30. The number of pyridine rings is 1. The second-order valence-corrected chi connectivity index (χ2v) is 5.07. The fourth-order valence-electron chi connectivity index (χ4n) is 2.48. The van der Waals surface area contributed by atoms with Gasteiger partial charge in [0.2, 0.25) is 5.91 Å². The summed E-state index contributed by atoms with van der Waals surface area (Å²) in [6, 6.07) is 3.70. The van der Waals surface area contributed by atoms with E-state index < -0.39 is 5.41 Å². The van der Waals surface area contributed by atoms with Gasteiger partial charge in [-0.3, -0.25) is 9.78 Å². The molecule has 1 heterocycles. The van der Waals surface area contributed by atoms with Crippen molar-refractivity contribution in [1.29, 1.82) is 0 Å². The quantitative estimate of drug-likeness (QED) is 0.794. The lowest BCUT2D eigenvalue weighted by molar-refractivity contribution is -0.126. The topological polar surface area (TPSA) is 68.0 Å². The van der Waals surface area contributed by atoms with Crippen molar-refractivity contribution in [3.05, 3.63) is 24.0 Å². The minimum Gasteiger partial charge on any atom is -0.329 e. The second-order valence-electron chi connectivity index (χ2n) is 5.07. The van der Waals surface area contributed by atoms with Crippen molar-refractivity contribution in [3.8, 4) is 0 Å². The van der Waals surface area contributed by atoms with Gasteiger partial charge in [0.1, 0.15) is 0 Å². The number of rotatable bonds is 7. The molecule has 106 valence electrons. The molecule has 0 unspecified atom stereocenters. The molecule has 0 aromatic carbocycles. The second kappa shape index (κ2) is 7.24. The summed E-state index contributed by atoms with van der Waals surface area (Å²) in [5.74, 6) is 0.0230. The molecule has 0 saturated heterocycles. The zero-order valence-electron chi connectivity index (χ0n) is 12.2. The van der Waals surface area contributed by atoms with Gasteiger partial charge in [0, 0.05) is 12.7 Å². The molecule has 1 rings (SSSR count). The molecule has 4 nitrogen and oxygen atoms in total. The van der Waals surface area contributed by atoms with Crippen molar-refractivity contribution >= 4 is 11.6 Å². The number of nitrogens with one attached hydrogen (secondary N) is 1. The third-order valence-electron chi connectivity index (χ3n) is 3.58. The molecule has 0 aliphatic heterocycles. The zero-order valence-corrected chi connectivity index (χ0v) is 12.2. The van der Waals surface area contributed by atoms with Gasteiger partial charge in [-0.2, -0.15) is 0 Å². The lowest BCUT2D eigenvalue weighted by atomic mass is 9.78. The molecule has 1 aromatic heterocycles. The van der Waals surface area contributed by atoms with Crippen LogP contribution >= 0.6 is 0 Å². The maximum Gasteiger partial charge on any atom is 0.231 e. The van der Waals surface area contributed by atoms with Gasteiger partial charge in [-0.05, 0) is 31.9 Å². The molecule has 0 radical (unpaired) electrons. The molecule has 0 fully saturated rings. The van der Waals surface area contributed by atoms with Gasteiger partial charge in [-0.1, -0.05) is 26.7 Å². The SMILES string of the molecule is CCCC(CN)(CCC)C(=O)Nc1cccnc1C. The number of aromatic nitrogens is 1. The first-order chi connectivity index (χ1) is 9.09. The molecule has 1 aromatic rings. The molecule has 19 heavy (non-hydrogen) atoms. The monoisotopic (exact) mass is 263 g/mol. The fourth-order valence-corrected chi connectivity index (χ4v) is 2.48. The number of carbonyl (C=O) groups is 1. The number of hydrogen-bond donors (Lipinski definition) is 2. The van der Waals surface area contributed by atoms with E-state index in [1.165, 1.54) is 0 Å². The number of nitrogens with two attached hydrogens (primary N) is 1.